The molecule has 1 fully saturated rings. The van der Waals surface area contributed by atoms with Crippen molar-refractivity contribution in [1.82, 2.24) is 0 Å². The predicted molar refractivity (Wildman–Crippen MR) is 28.8 cm³/mol. The Labute approximate surface area is 52.0 Å². The molecule has 0 radical (unpaired) electrons. The van der Waals surface area contributed by atoms with Crippen molar-refractivity contribution in [3.05, 3.63) is 0 Å². The molecule has 0 aromatic carbocycles. The van der Waals surface area contributed by atoms with Crippen LogP contribution in [0.3, 0.4) is 0 Å². The van der Waals surface area contributed by atoms with Gasteiger partial charge in [-0.25, -0.2) is 0 Å². The SMILES string of the molecule is C[C@@H]1C(=O)CC(=O)C1=O. The lowest BCUT2D eigenvalue weighted by Crippen LogP contribution is -2.12. The maximum absolute atomic E-state index is 10.6. The Morgan fingerprint density at radius 2 is 1.89 bits per heavy atom. The van der Waals surface area contributed by atoms with Crippen LogP contribution in [0.25, 0.3) is 0 Å². The molecule has 3 heteroatoms. The standard InChI is InChI=1S/C6H6O3/c1-3-4(7)2-5(8)6(3)9/h3H,2H2,1H3/t3-/m1/s1. The molecule has 0 saturated heterocycles. The van der Waals surface area contributed by atoms with E-state index in [0.29, 0.717) is 0 Å². The molecule has 1 aliphatic rings. The van der Waals surface area contributed by atoms with Crippen LogP contribution in [0, 0.1) is 5.92 Å². The van der Waals surface area contributed by atoms with Gasteiger partial charge in [-0.2, -0.15) is 0 Å². The molecule has 0 N–H and O–H groups in total. The Bertz CT molecular complexity index is 192. The number of carbonyl (C=O) groups is 3. The van der Waals surface area contributed by atoms with Gasteiger partial charge in [0.2, 0.25) is 11.6 Å². The van der Waals surface area contributed by atoms with E-state index in [1.54, 1.807) is 0 Å². The van der Waals surface area contributed by atoms with Crippen LogP contribution in [0.15, 0.2) is 0 Å². The average Bonchev–Trinajstić information content (AvgIpc) is 1.98. The normalized spacial score (nSPS) is 27.7. The first kappa shape index (κ1) is 6.13. The van der Waals surface area contributed by atoms with Crippen LogP contribution >= 0.6 is 0 Å². The highest BCUT2D eigenvalue weighted by molar-refractivity contribution is 6.49. The molecule has 1 aliphatic carbocycles. The van der Waals surface area contributed by atoms with Gasteiger partial charge in [-0.05, 0) is 6.92 Å². The van der Waals surface area contributed by atoms with Gasteiger partial charge in [-0.1, -0.05) is 0 Å². The Morgan fingerprint density at radius 1 is 1.33 bits per heavy atom. The molecule has 1 rings (SSSR count). The highest BCUT2D eigenvalue weighted by Crippen LogP contribution is 2.12. The van der Waals surface area contributed by atoms with Crippen LogP contribution in [-0.4, -0.2) is 17.3 Å². The summed E-state index contributed by atoms with van der Waals surface area (Å²) < 4.78 is 0. The molecule has 0 unspecified atom stereocenters. The van der Waals surface area contributed by atoms with E-state index in [-0.39, 0.29) is 12.2 Å². The summed E-state index contributed by atoms with van der Waals surface area (Å²) in [5.74, 6) is -1.98. The lowest BCUT2D eigenvalue weighted by Gasteiger charge is -1.89. The number of hydrogen-bond donors (Lipinski definition) is 0. The molecule has 48 valence electrons. The van der Waals surface area contributed by atoms with E-state index < -0.39 is 17.5 Å². The molecule has 0 aromatic rings. The Kier molecular flexibility index (Phi) is 1.20. The number of Topliss-reactive ketones (excluding diaryl/α,β-unsaturated/α-hetero) is 3. The van der Waals surface area contributed by atoms with E-state index in [9.17, 15) is 14.4 Å². The van der Waals surface area contributed by atoms with Gasteiger partial charge in [0.15, 0.2) is 5.78 Å². The van der Waals surface area contributed by atoms with Crippen LogP contribution in [-0.2, 0) is 14.4 Å². The van der Waals surface area contributed by atoms with E-state index in [1.165, 1.54) is 6.92 Å². The minimum atomic E-state index is -0.669. The second-order valence-corrected chi connectivity index (χ2v) is 2.15. The van der Waals surface area contributed by atoms with Crippen LogP contribution in [0.5, 0.6) is 0 Å². The lowest BCUT2D eigenvalue weighted by molar-refractivity contribution is -0.135. The molecule has 0 heterocycles. The van der Waals surface area contributed by atoms with Crippen molar-refractivity contribution >= 4 is 17.3 Å². The first-order valence-corrected chi connectivity index (χ1v) is 2.72. The van der Waals surface area contributed by atoms with Crippen molar-refractivity contribution in [2.45, 2.75) is 13.3 Å². The van der Waals surface area contributed by atoms with Gasteiger partial charge < -0.3 is 0 Å². The summed E-state index contributed by atoms with van der Waals surface area (Å²) in [5.41, 5.74) is 0. The van der Waals surface area contributed by atoms with E-state index in [1.807, 2.05) is 0 Å². The van der Waals surface area contributed by atoms with Gasteiger partial charge >= 0.3 is 0 Å². The molecular weight excluding hydrogens is 120 g/mol. The Hall–Kier alpha value is -0.990. The summed E-state index contributed by atoms with van der Waals surface area (Å²) in [7, 11) is 0. The van der Waals surface area contributed by atoms with Gasteiger partial charge in [0, 0.05) is 0 Å². The first-order valence-electron chi connectivity index (χ1n) is 2.72. The van der Waals surface area contributed by atoms with Gasteiger partial charge in [0.1, 0.15) is 0 Å². The topological polar surface area (TPSA) is 51.2 Å². The van der Waals surface area contributed by atoms with Crippen molar-refractivity contribution in [3.8, 4) is 0 Å². The molecule has 0 aliphatic heterocycles. The fraction of sp³-hybridized carbons (Fsp3) is 0.500. The van der Waals surface area contributed by atoms with Gasteiger partial charge in [-0.15, -0.1) is 0 Å². The third kappa shape index (κ3) is 0.781. The maximum Gasteiger partial charge on any atom is 0.209 e. The zero-order valence-electron chi connectivity index (χ0n) is 5.01. The molecule has 0 amide bonds. The largest absolute Gasteiger partial charge is 0.298 e. The smallest absolute Gasteiger partial charge is 0.209 e. The summed E-state index contributed by atoms with van der Waals surface area (Å²) in [6.45, 7) is 1.47. The highest BCUT2D eigenvalue weighted by Gasteiger charge is 2.36. The minimum absolute atomic E-state index is 0.181. The van der Waals surface area contributed by atoms with E-state index in [0.717, 1.165) is 0 Å². The van der Waals surface area contributed by atoms with Crippen molar-refractivity contribution in [3.63, 3.8) is 0 Å². The number of carbonyl (C=O) groups excluding carboxylic acids is 3. The minimum Gasteiger partial charge on any atom is -0.298 e. The van der Waals surface area contributed by atoms with Gasteiger partial charge in [0.05, 0.1) is 12.3 Å². The van der Waals surface area contributed by atoms with Crippen LogP contribution in [0.1, 0.15) is 13.3 Å². The monoisotopic (exact) mass is 126 g/mol. The fourth-order valence-electron chi connectivity index (χ4n) is 0.786. The summed E-state index contributed by atoms with van der Waals surface area (Å²) in [4.78, 5) is 31.5. The van der Waals surface area contributed by atoms with Crippen molar-refractivity contribution in [2.75, 3.05) is 0 Å². The third-order valence-corrected chi connectivity index (χ3v) is 1.49. The molecule has 3 nitrogen and oxygen atoms in total. The van der Waals surface area contributed by atoms with Gasteiger partial charge in [-0.3, -0.25) is 14.4 Å². The summed E-state index contributed by atoms with van der Waals surface area (Å²) in [6.07, 6.45) is -0.181. The molecule has 0 spiro atoms. The molecule has 1 saturated carbocycles. The first-order chi connectivity index (χ1) is 4.13. The molecular formula is C6H6O3. The van der Waals surface area contributed by atoms with Gasteiger partial charge in [0.25, 0.3) is 0 Å². The highest BCUT2D eigenvalue weighted by atomic mass is 16.2. The van der Waals surface area contributed by atoms with Crippen LogP contribution in [0.2, 0.25) is 0 Å². The van der Waals surface area contributed by atoms with Crippen molar-refractivity contribution in [1.29, 1.82) is 0 Å². The van der Waals surface area contributed by atoms with E-state index in [4.69, 9.17) is 0 Å². The number of hydrogen-bond acceptors (Lipinski definition) is 3. The number of ketones is 3. The molecule has 1 atom stereocenters. The second-order valence-electron chi connectivity index (χ2n) is 2.15. The van der Waals surface area contributed by atoms with Crippen LogP contribution in [0.4, 0.5) is 0 Å². The lowest BCUT2D eigenvalue weighted by atomic mass is 10.1. The van der Waals surface area contributed by atoms with Crippen molar-refractivity contribution < 1.29 is 14.4 Å². The average molecular weight is 126 g/mol. The zero-order valence-corrected chi connectivity index (χ0v) is 5.01. The zero-order chi connectivity index (χ0) is 7.02. The third-order valence-electron chi connectivity index (χ3n) is 1.49. The van der Waals surface area contributed by atoms with E-state index in [2.05, 4.69) is 0 Å². The van der Waals surface area contributed by atoms with E-state index >= 15 is 0 Å². The molecule has 0 bridgehead atoms. The number of rotatable bonds is 0. The van der Waals surface area contributed by atoms with Crippen LogP contribution < -0.4 is 0 Å². The summed E-state index contributed by atoms with van der Waals surface area (Å²) in [5, 5.41) is 0. The molecule has 9 heavy (non-hydrogen) atoms. The quantitative estimate of drug-likeness (QED) is 0.331. The summed E-state index contributed by atoms with van der Waals surface area (Å²) >= 11 is 0. The maximum atomic E-state index is 10.6. The summed E-state index contributed by atoms with van der Waals surface area (Å²) in [6, 6.07) is 0. The second kappa shape index (κ2) is 1.76. The molecule has 0 aromatic heterocycles. The van der Waals surface area contributed by atoms with Crippen molar-refractivity contribution in [2.24, 2.45) is 5.92 Å². The Morgan fingerprint density at radius 3 is 2.00 bits per heavy atom. The predicted octanol–water partition coefficient (Wildman–Crippen LogP) is -0.266. The fourth-order valence-corrected chi connectivity index (χ4v) is 0.786. The Balaban J connectivity index is 2.90.